The molecule has 0 radical (unpaired) electrons. The first-order valence-corrected chi connectivity index (χ1v) is 5.78. The Kier molecular flexibility index (Phi) is 5.26. The Morgan fingerprint density at radius 1 is 1.28 bits per heavy atom. The molecule has 98 valence electrons. The van der Waals surface area contributed by atoms with E-state index in [9.17, 15) is 9.59 Å². The lowest BCUT2D eigenvalue weighted by atomic mass is 10.1. The fourth-order valence-electron chi connectivity index (χ4n) is 1.55. The van der Waals surface area contributed by atoms with E-state index in [2.05, 4.69) is 0 Å². The van der Waals surface area contributed by atoms with Crippen LogP contribution in [0.1, 0.15) is 29.6 Å². The second kappa shape index (κ2) is 6.70. The van der Waals surface area contributed by atoms with Gasteiger partial charge in [-0.05, 0) is 12.8 Å². The van der Waals surface area contributed by atoms with E-state index in [0.717, 1.165) is 19.4 Å². The number of aromatic nitrogens is 1. The number of carboxylic acids is 1. The fraction of sp³-hybridized carbons (Fsp3) is 0.417. The second-order valence-corrected chi connectivity index (χ2v) is 4.13. The minimum absolute atomic E-state index is 0.449. The van der Waals surface area contributed by atoms with Crippen molar-refractivity contribution in [2.24, 2.45) is 11.5 Å². The van der Waals surface area contributed by atoms with Crippen molar-refractivity contribution < 1.29 is 19.3 Å². The van der Waals surface area contributed by atoms with Crippen molar-refractivity contribution in [2.45, 2.75) is 31.8 Å². The maximum atomic E-state index is 10.9. The van der Waals surface area contributed by atoms with Crippen LogP contribution in [0.15, 0.2) is 24.5 Å². The molecule has 1 atom stereocenters. The molecular weight excluding hydrogens is 234 g/mol. The topological polar surface area (TPSA) is 110 Å². The van der Waals surface area contributed by atoms with Gasteiger partial charge in [-0.2, -0.15) is 0 Å². The van der Waals surface area contributed by atoms with E-state index < -0.39 is 17.9 Å². The largest absolute Gasteiger partial charge is 0.480 e. The van der Waals surface area contributed by atoms with Gasteiger partial charge in [0.05, 0.1) is 5.56 Å². The lowest BCUT2D eigenvalue weighted by molar-refractivity contribution is -0.697. The Morgan fingerprint density at radius 2 is 1.89 bits per heavy atom. The van der Waals surface area contributed by atoms with Crippen molar-refractivity contribution >= 4 is 11.9 Å². The van der Waals surface area contributed by atoms with Crippen molar-refractivity contribution in [2.75, 3.05) is 0 Å². The van der Waals surface area contributed by atoms with E-state index in [1.165, 1.54) is 0 Å². The number of amides is 1. The predicted octanol–water partition coefficient (Wildman–Crippen LogP) is -0.345. The molecule has 0 aromatic carbocycles. The molecule has 18 heavy (non-hydrogen) atoms. The van der Waals surface area contributed by atoms with Crippen LogP contribution in [-0.4, -0.2) is 23.0 Å². The smallest absolute Gasteiger partial charge is 0.320 e. The summed E-state index contributed by atoms with van der Waals surface area (Å²) in [6.45, 7) is 0.755. The second-order valence-electron chi connectivity index (χ2n) is 4.13. The maximum absolute atomic E-state index is 10.9. The highest BCUT2D eigenvalue weighted by Gasteiger charge is 2.11. The van der Waals surface area contributed by atoms with E-state index in [4.69, 9.17) is 16.6 Å². The highest BCUT2D eigenvalue weighted by atomic mass is 16.4. The molecule has 0 saturated carbocycles. The van der Waals surface area contributed by atoms with Gasteiger partial charge >= 0.3 is 5.97 Å². The zero-order valence-corrected chi connectivity index (χ0v) is 10.1. The third-order valence-corrected chi connectivity index (χ3v) is 2.67. The number of carboxylic acid groups (broad SMARTS) is 1. The zero-order valence-electron chi connectivity index (χ0n) is 10.1. The summed E-state index contributed by atoms with van der Waals surface area (Å²) in [6, 6.07) is 2.53. The molecule has 0 unspecified atom stereocenters. The number of primary amides is 1. The molecule has 1 heterocycles. The molecule has 1 amide bonds. The van der Waals surface area contributed by atoms with Crippen LogP contribution < -0.4 is 16.0 Å². The van der Waals surface area contributed by atoms with Gasteiger partial charge < -0.3 is 16.6 Å². The van der Waals surface area contributed by atoms with Gasteiger partial charge in [0.1, 0.15) is 12.6 Å². The van der Waals surface area contributed by atoms with Crippen molar-refractivity contribution in [3.05, 3.63) is 30.1 Å². The van der Waals surface area contributed by atoms with Crippen LogP contribution in [0.3, 0.4) is 0 Å². The molecule has 6 nitrogen and oxygen atoms in total. The number of hydrogen-bond donors (Lipinski definition) is 3. The first-order valence-electron chi connectivity index (χ1n) is 5.78. The number of hydrogen-bond acceptors (Lipinski definition) is 3. The van der Waals surface area contributed by atoms with Crippen LogP contribution in [-0.2, 0) is 11.3 Å². The van der Waals surface area contributed by atoms with Crippen molar-refractivity contribution in [3.8, 4) is 0 Å². The monoisotopic (exact) mass is 252 g/mol. The van der Waals surface area contributed by atoms with E-state index in [1.807, 2.05) is 4.57 Å². The van der Waals surface area contributed by atoms with E-state index in [1.54, 1.807) is 24.5 Å². The molecule has 0 bridgehead atoms. The highest BCUT2D eigenvalue weighted by molar-refractivity contribution is 5.92. The van der Waals surface area contributed by atoms with Crippen LogP contribution in [0.2, 0.25) is 0 Å². The normalized spacial score (nSPS) is 12.1. The molecule has 1 aromatic rings. The van der Waals surface area contributed by atoms with Gasteiger partial charge in [-0.15, -0.1) is 0 Å². The minimum atomic E-state index is -0.964. The van der Waals surface area contributed by atoms with E-state index >= 15 is 0 Å². The summed E-state index contributed by atoms with van der Waals surface area (Å²) in [5.41, 5.74) is 11.0. The van der Waals surface area contributed by atoms with Crippen LogP contribution in [0, 0.1) is 0 Å². The molecule has 0 spiro atoms. The van der Waals surface area contributed by atoms with Crippen molar-refractivity contribution in [1.82, 2.24) is 0 Å². The SMILES string of the molecule is NC(=O)c1cc[n+](CCCC[C@H](N)C(=O)O)cc1. The Morgan fingerprint density at radius 3 is 2.39 bits per heavy atom. The van der Waals surface area contributed by atoms with Crippen molar-refractivity contribution in [1.29, 1.82) is 0 Å². The van der Waals surface area contributed by atoms with Gasteiger partial charge in [-0.3, -0.25) is 9.59 Å². The van der Waals surface area contributed by atoms with Crippen LogP contribution in [0.25, 0.3) is 0 Å². The highest BCUT2D eigenvalue weighted by Crippen LogP contribution is 2.00. The molecule has 0 aliphatic heterocycles. The van der Waals surface area contributed by atoms with E-state index in [0.29, 0.717) is 12.0 Å². The Bertz CT molecular complexity index is 417. The number of aryl methyl sites for hydroxylation is 1. The number of nitrogens with two attached hydrogens (primary N) is 2. The van der Waals surface area contributed by atoms with Gasteiger partial charge in [-0.25, -0.2) is 4.57 Å². The van der Waals surface area contributed by atoms with Gasteiger partial charge in [0, 0.05) is 18.6 Å². The molecule has 1 aromatic heterocycles. The molecule has 0 aliphatic carbocycles. The Hall–Kier alpha value is -1.95. The number of pyridine rings is 1. The molecule has 1 rings (SSSR count). The molecule has 0 aliphatic rings. The summed E-state index contributed by atoms with van der Waals surface area (Å²) in [5, 5.41) is 8.61. The van der Waals surface area contributed by atoms with Gasteiger partial charge in [0.25, 0.3) is 0 Å². The summed E-state index contributed by atoms with van der Waals surface area (Å²) < 4.78 is 1.92. The average molecular weight is 252 g/mol. The van der Waals surface area contributed by atoms with Crippen LogP contribution in [0.5, 0.6) is 0 Å². The Labute approximate surface area is 105 Å². The first kappa shape index (κ1) is 14.1. The molecule has 6 heteroatoms. The minimum Gasteiger partial charge on any atom is -0.480 e. The molecular formula is C12H18N3O3+. The Balaban J connectivity index is 2.31. The summed E-state index contributed by atoms with van der Waals surface area (Å²) in [7, 11) is 0. The zero-order chi connectivity index (χ0) is 13.5. The third kappa shape index (κ3) is 4.50. The summed E-state index contributed by atoms with van der Waals surface area (Å²) >= 11 is 0. The summed E-state index contributed by atoms with van der Waals surface area (Å²) in [6.07, 6.45) is 5.60. The number of unbranched alkanes of at least 4 members (excludes halogenated alkanes) is 1. The predicted molar refractivity (Wildman–Crippen MR) is 64.6 cm³/mol. The summed E-state index contributed by atoms with van der Waals surface area (Å²) in [5.74, 6) is -1.41. The number of carbonyl (C=O) groups is 2. The van der Waals surface area contributed by atoms with Gasteiger partial charge in [-0.1, -0.05) is 0 Å². The number of aliphatic carboxylic acids is 1. The number of carbonyl (C=O) groups excluding carboxylic acids is 1. The molecule has 5 N–H and O–H groups in total. The maximum Gasteiger partial charge on any atom is 0.320 e. The van der Waals surface area contributed by atoms with Crippen molar-refractivity contribution in [3.63, 3.8) is 0 Å². The van der Waals surface area contributed by atoms with Crippen LogP contribution >= 0.6 is 0 Å². The number of rotatable bonds is 7. The molecule has 0 saturated heterocycles. The summed E-state index contributed by atoms with van der Waals surface area (Å²) in [4.78, 5) is 21.3. The lowest BCUT2D eigenvalue weighted by Crippen LogP contribution is -2.34. The van der Waals surface area contributed by atoms with Gasteiger partial charge in [0.15, 0.2) is 12.4 Å². The lowest BCUT2D eigenvalue weighted by Gasteiger charge is -2.04. The first-order chi connectivity index (χ1) is 8.50. The fourth-order valence-corrected chi connectivity index (χ4v) is 1.55. The van der Waals surface area contributed by atoms with E-state index in [-0.39, 0.29) is 0 Å². The standard InChI is InChI=1S/C12H17N3O3/c13-10(12(17)18)3-1-2-6-15-7-4-9(5-8-15)11(14)16/h4-5,7-8,10H,1-3,6,13H2,(H2-,14,16,17,18)/p+1/t10-/m0/s1. The number of nitrogens with zero attached hydrogens (tertiary/aromatic N) is 1. The van der Waals surface area contributed by atoms with Gasteiger partial charge in [0.2, 0.25) is 5.91 Å². The molecule has 0 fully saturated rings. The third-order valence-electron chi connectivity index (χ3n) is 2.67. The quantitative estimate of drug-likeness (QED) is 0.455. The average Bonchev–Trinajstić information content (AvgIpc) is 2.34. The van der Waals surface area contributed by atoms with Crippen LogP contribution in [0.4, 0.5) is 0 Å².